The van der Waals surface area contributed by atoms with Gasteiger partial charge in [-0.3, -0.25) is 9.59 Å². The van der Waals surface area contributed by atoms with E-state index in [9.17, 15) is 9.59 Å². The summed E-state index contributed by atoms with van der Waals surface area (Å²) in [6, 6.07) is 12.5. The summed E-state index contributed by atoms with van der Waals surface area (Å²) in [6.07, 6.45) is 11.8. The Morgan fingerprint density at radius 2 is 1.62 bits per heavy atom. The molecule has 1 aliphatic heterocycles. The molecule has 0 radical (unpaired) electrons. The van der Waals surface area contributed by atoms with Gasteiger partial charge in [-0.2, -0.15) is 0 Å². The SMILES string of the molecule is CC1CCCN(c2ccc(-c3ccc(C(=O)N(C)C)cc3)cn2)C1.CN(C=O)C1CCCCC1. The molecular weight excluding hydrogens is 424 g/mol. The summed E-state index contributed by atoms with van der Waals surface area (Å²) in [5.74, 6) is 1.82. The van der Waals surface area contributed by atoms with Crippen LogP contribution in [-0.4, -0.2) is 67.4 Å². The van der Waals surface area contributed by atoms with Gasteiger partial charge >= 0.3 is 0 Å². The largest absolute Gasteiger partial charge is 0.356 e. The number of carbonyl (C=O) groups is 2. The summed E-state index contributed by atoms with van der Waals surface area (Å²) in [5, 5.41) is 0. The van der Waals surface area contributed by atoms with Crippen molar-refractivity contribution in [1.29, 1.82) is 0 Å². The minimum atomic E-state index is 0.0224. The minimum Gasteiger partial charge on any atom is -0.356 e. The van der Waals surface area contributed by atoms with Crippen LogP contribution in [0.3, 0.4) is 0 Å². The van der Waals surface area contributed by atoms with Crippen molar-refractivity contribution in [3.05, 3.63) is 48.2 Å². The van der Waals surface area contributed by atoms with E-state index >= 15 is 0 Å². The number of hydrogen-bond acceptors (Lipinski definition) is 4. The molecule has 2 fully saturated rings. The highest BCUT2D eigenvalue weighted by molar-refractivity contribution is 5.94. The van der Waals surface area contributed by atoms with Crippen LogP contribution >= 0.6 is 0 Å². The van der Waals surface area contributed by atoms with Gasteiger partial charge in [0.1, 0.15) is 5.82 Å². The Hall–Kier alpha value is -2.89. The smallest absolute Gasteiger partial charge is 0.253 e. The van der Waals surface area contributed by atoms with E-state index < -0.39 is 0 Å². The molecule has 2 aliphatic rings. The molecule has 1 aromatic heterocycles. The number of benzene rings is 1. The van der Waals surface area contributed by atoms with Gasteiger partial charge in [-0.05, 0) is 61.4 Å². The third kappa shape index (κ3) is 7.05. The Labute approximate surface area is 205 Å². The molecule has 1 saturated heterocycles. The van der Waals surface area contributed by atoms with Crippen LogP contribution < -0.4 is 4.90 Å². The second kappa shape index (κ2) is 12.5. The predicted molar refractivity (Wildman–Crippen MR) is 139 cm³/mol. The fourth-order valence-electron chi connectivity index (χ4n) is 4.78. The molecule has 6 heteroatoms. The first-order chi connectivity index (χ1) is 16.4. The molecule has 0 bridgehead atoms. The monoisotopic (exact) mass is 464 g/mol. The predicted octanol–water partition coefficient (Wildman–Crippen LogP) is 5.09. The van der Waals surface area contributed by atoms with Crippen molar-refractivity contribution >= 4 is 18.1 Å². The number of aromatic nitrogens is 1. The van der Waals surface area contributed by atoms with Gasteiger partial charge < -0.3 is 14.7 Å². The average Bonchev–Trinajstić information content (AvgIpc) is 2.89. The fraction of sp³-hybridized carbons (Fsp3) is 0.536. The van der Waals surface area contributed by atoms with Crippen LogP contribution in [-0.2, 0) is 4.79 Å². The van der Waals surface area contributed by atoms with Crippen LogP contribution in [0.1, 0.15) is 62.2 Å². The Bertz CT molecular complexity index is 905. The van der Waals surface area contributed by atoms with Crippen LogP contribution in [0, 0.1) is 5.92 Å². The quantitative estimate of drug-likeness (QED) is 0.578. The maximum absolute atomic E-state index is 11.9. The first-order valence-electron chi connectivity index (χ1n) is 12.6. The van der Waals surface area contributed by atoms with Crippen molar-refractivity contribution in [2.24, 2.45) is 5.92 Å². The lowest BCUT2D eigenvalue weighted by Crippen LogP contribution is -2.34. The Morgan fingerprint density at radius 1 is 0.941 bits per heavy atom. The van der Waals surface area contributed by atoms with E-state index in [1.165, 1.54) is 44.9 Å². The molecule has 34 heavy (non-hydrogen) atoms. The number of anilines is 1. The molecule has 0 spiro atoms. The summed E-state index contributed by atoms with van der Waals surface area (Å²) in [7, 11) is 5.41. The lowest BCUT2D eigenvalue weighted by molar-refractivity contribution is -0.119. The van der Waals surface area contributed by atoms with Crippen molar-refractivity contribution in [2.45, 2.75) is 57.9 Å². The molecule has 2 aromatic rings. The summed E-state index contributed by atoms with van der Waals surface area (Å²) in [4.78, 5) is 32.7. The number of piperidine rings is 1. The van der Waals surface area contributed by atoms with Crippen molar-refractivity contribution in [3.8, 4) is 11.1 Å². The standard InChI is InChI=1S/C20H25N3O.C8H15NO/c1-15-5-4-12-23(14-15)19-11-10-18(13-21-19)16-6-8-17(9-7-16)20(24)22(2)3;1-9(7-10)8-5-3-2-4-6-8/h6-11,13,15H,4-5,12,14H2,1-3H3;7-8H,2-6H2,1H3. The molecule has 2 heterocycles. The molecule has 1 aromatic carbocycles. The Balaban J connectivity index is 0.000000271. The number of hydrogen-bond donors (Lipinski definition) is 0. The second-order valence-corrected chi connectivity index (χ2v) is 9.94. The van der Waals surface area contributed by atoms with Gasteiger partial charge in [0.25, 0.3) is 5.91 Å². The fourth-order valence-corrected chi connectivity index (χ4v) is 4.78. The highest BCUT2D eigenvalue weighted by Crippen LogP contribution is 2.25. The zero-order valence-electron chi connectivity index (χ0n) is 21.2. The van der Waals surface area contributed by atoms with Gasteiger partial charge in [-0.1, -0.05) is 38.3 Å². The lowest BCUT2D eigenvalue weighted by atomic mass is 9.95. The molecule has 1 unspecified atom stereocenters. The maximum Gasteiger partial charge on any atom is 0.253 e. The molecule has 2 amide bonds. The van der Waals surface area contributed by atoms with Gasteiger partial charge in [-0.15, -0.1) is 0 Å². The summed E-state index contributed by atoms with van der Waals surface area (Å²) in [5.41, 5.74) is 2.86. The highest BCUT2D eigenvalue weighted by Gasteiger charge is 2.18. The first-order valence-corrected chi connectivity index (χ1v) is 12.6. The zero-order chi connectivity index (χ0) is 24.5. The van der Waals surface area contributed by atoms with E-state index in [2.05, 4.69) is 28.9 Å². The summed E-state index contributed by atoms with van der Waals surface area (Å²) < 4.78 is 0. The molecule has 0 N–H and O–H groups in total. The average molecular weight is 465 g/mol. The lowest BCUT2D eigenvalue weighted by Gasteiger charge is -2.31. The van der Waals surface area contributed by atoms with E-state index in [1.54, 1.807) is 23.9 Å². The van der Waals surface area contributed by atoms with Crippen molar-refractivity contribution < 1.29 is 9.59 Å². The molecular formula is C28H40N4O2. The van der Waals surface area contributed by atoms with Crippen LogP contribution in [0.5, 0.6) is 0 Å². The third-order valence-corrected chi connectivity index (χ3v) is 6.92. The first kappa shape index (κ1) is 25.7. The highest BCUT2D eigenvalue weighted by atomic mass is 16.2. The van der Waals surface area contributed by atoms with E-state index in [1.807, 2.05) is 37.5 Å². The normalized spacial score (nSPS) is 18.5. The van der Waals surface area contributed by atoms with Gasteiger partial charge in [0, 0.05) is 57.6 Å². The second-order valence-electron chi connectivity index (χ2n) is 9.94. The number of nitrogens with zero attached hydrogens (tertiary/aromatic N) is 4. The van der Waals surface area contributed by atoms with Gasteiger partial charge in [0.05, 0.1) is 0 Å². The van der Waals surface area contributed by atoms with Gasteiger partial charge in [0.2, 0.25) is 6.41 Å². The molecule has 184 valence electrons. The van der Waals surface area contributed by atoms with E-state index in [0.717, 1.165) is 42.4 Å². The van der Waals surface area contributed by atoms with Crippen LogP contribution in [0.15, 0.2) is 42.6 Å². The number of amides is 2. The van der Waals surface area contributed by atoms with Crippen molar-refractivity contribution in [1.82, 2.24) is 14.8 Å². The Morgan fingerprint density at radius 3 is 2.18 bits per heavy atom. The van der Waals surface area contributed by atoms with E-state index in [0.29, 0.717) is 11.6 Å². The zero-order valence-corrected chi connectivity index (χ0v) is 21.2. The van der Waals surface area contributed by atoms with E-state index in [-0.39, 0.29) is 5.91 Å². The van der Waals surface area contributed by atoms with Crippen molar-refractivity contribution in [3.63, 3.8) is 0 Å². The summed E-state index contributed by atoms with van der Waals surface area (Å²) >= 11 is 0. The molecule has 1 saturated carbocycles. The van der Waals surface area contributed by atoms with E-state index in [4.69, 9.17) is 0 Å². The maximum atomic E-state index is 11.9. The molecule has 6 nitrogen and oxygen atoms in total. The summed E-state index contributed by atoms with van der Waals surface area (Å²) in [6.45, 7) is 4.49. The number of carbonyl (C=O) groups excluding carboxylic acids is 2. The van der Waals surface area contributed by atoms with Crippen LogP contribution in [0.4, 0.5) is 5.82 Å². The molecule has 1 atom stereocenters. The molecule has 4 rings (SSSR count). The topological polar surface area (TPSA) is 56.8 Å². The van der Waals surface area contributed by atoms with Crippen molar-refractivity contribution in [2.75, 3.05) is 39.1 Å². The molecule has 1 aliphatic carbocycles. The van der Waals surface area contributed by atoms with Gasteiger partial charge in [0.15, 0.2) is 0 Å². The Kier molecular flexibility index (Phi) is 9.49. The third-order valence-electron chi connectivity index (χ3n) is 6.92. The number of rotatable bonds is 5. The van der Waals surface area contributed by atoms with Gasteiger partial charge in [-0.25, -0.2) is 4.98 Å². The van der Waals surface area contributed by atoms with Crippen LogP contribution in [0.2, 0.25) is 0 Å². The number of pyridine rings is 1. The van der Waals surface area contributed by atoms with Crippen LogP contribution in [0.25, 0.3) is 11.1 Å². The minimum absolute atomic E-state index is 0.0224.